The van der Waals surface area contributed by atoms with Gasteiger partial charge in [0.1, 0.15) is 0 Å². The smallest absolute Gasteiger partial charge is 0.287 e. The molecule has 0 saturated carbocycles. The van der Waals surface area contributed by atoms with Crippen molar-refractivity contribution in [3.05, 3.63) is 18.2 Å². The van der Waals surface area contributed by atoms with E-state index in [4.69, 9.17) is 0 Å². The summed E-state index contributed by atoms with van der Waals surface area (Å²) in [4.78, 5) is 18.1. The number of nitrogens with zero attached hydrogens (tertiary/aromatic N) is 1. The number of imidazole rings is 1. The predicted octanol–water partition coefficient (Wildman–Crippen LogP) is -1.19. The lowest BCUT2D eigenvalue weighted by molar-refractivity contribution is 0.0947. The van der Waals surface area contributed by atoms with E-state index >= 15 is 0 Å². The maximum atomic E-state index is 11.4. The zero-order valence-corrected chi connectivity index (χ0v) is 9.43. The molecule has 0 bridgehead atoms. The van der Waals surface area contributed by atoms with Gasteiger partial charge < -0.3 is 10.3 Å². The average Bonchev–Trinajstić information content (AvgIpc) is 2.96. The van der Waals surface area contributed by atoms with Gasteiger partial charge in [-0.25, -0.2) is 15.8 Å². The number of amides is 1. The topological polar surface area (TPSA) is 93.9 Å². The molecule has 0 radical (unpaired) electrons. The summed E-state index contributed by atoms with van der Waals surface area (Å²) < 4.78 is 0. The number of H-pyrrole nitrogens is 1. The zero-order valence-electron chi connectivity index (χ0n) is 8.62. The molecule has 1 saturated heterocycles. The SMILES string of the molecule is O=C(NCCSC1CNNN1)c1ncc[nH]1. The molecule has 0 aromatic carbocycles. The molecule has 7 nitrogen and oxygen atoms in total. The fourth-order valence-corrected chi connectivity index (χ4v) is 2.11. The highest BCUT2D eigenvalue weighted by Crippen LogP contribution is 2.06. The van der Waals surface area contributed by atoms with Crippen LogP contribution in [0.1, 0.15) is 10.6 Å². The number of nitrogens with one attached hydrogen (secondary N) is 5. The molecule has 1 aliphatic rings. The lowest BCUT2D eigenvalue weighted by Crippen LogP contribution is -2.33. The molecular weight excluding hydrogens is 228 g/mol. The Labute approximate surface area is 97.1 Å². The Balaban J connectivity index is 1.59. The Kier molecular flexibility index (Phi) is 4.17. The van der Waals surface area contributed by atoms with Gasteiger partial charge in [-0.1, -0.05) is 0 Å². The van der Waals surface area contributed by atoms with Gasteiger partial charge in [0.15, 0.2) is 5.82 Å². The van der Waals surface area contributed by atoms with Gasteiger partial charge in [-0.15, -0.1) is 11.8 Å². The van der Waals surface area contributed by atoms with E-state index in [1.807, 2.05) is 0 Å². The van der Waals surface area contributed by atoms with Gasteiger partial charge in [0.2, 0.25) is 0 Å². The van der Waals surface area contributed by atoms with E-state index in [1.165, 1.54) is 0 Å². The van der Waals surface area contributed by atoms with E-state index in [9.17, 15) is 4.79 Å². The van der Waals surface area contributed by atoms with E-state index in [0.29, 0.717) is 17.7 Å². The summed E-state index contributed by atoms with van der Waals surface area (Å²) in [5, 5.41) is 3.13. The standard InChI is InChI=1S/C8H14N6OS/c15-8(7-9-1-2-10-7)11-3-4-16-6-5-12-14-13-6/h1-2,6,12-14H,3-5H2,(H,9,10)(H,11,15). The first kappa shape index (κ1) is 11.4. The Morgan fingerprint density at radius 3 is 3.31 bits per heavy atom. The number of rotatable bonds is 5. The molecule has 16 heavy (non-hydrogen) atoms. The highest BCUT2D eigenvalue weighted by Gasteiger charge is 2.13. The summed E-state index contributed by atoms with van der Waals surface area (Å²) in [6, 6.07) is 0. The predicted molar refractivity (Wildman–Crippen MR) is 61.4 cm³/mol. The quantitative estimate of drug-likeness (QED) is 0.417. The van der Waals surface area contributed by atoms with Crippen molar-refractivity contribution < 1.29 is 4.79 Å². The van der Waals surface area contributed by atoms with Gasteiger partial charge in [-0.05, 0) is 0 Å². The van der Waals surface area contributed by atoms with Crippen LogP contribution >= 0.6 is 11.8 Å². The monoisotopic (exact) mass is 242 g/mol. The molecule has 1 atom stereocenters. The summed E-state index contributed by atoms with van der Waals surface area (Å²) in [6.07, 6.45) is 3.19. The van der Waals surface area contributed by atoms with Crippen molar-refractivity contribution in [3.63, 3.8) is 0 Å². The Bertz CT molecular complexity index is 323. The molecule has 5 N–H and O–H groups in total. The van der Waals surface area contributed by atoms with Crippen LogP contribution in [0.2, 0.25) is 0 Å². The minimum atomic E-state index is -0.166. The summed E-state index contributed by atoms with van der Waals surface area (Å²) in [5.41, 5.74) is 8.82. The number of aromatic nitrogens is 2. The molecule has 1 fully saturated rings. The lowest BCUT2D eigenvalue weighted by atomic mass is 10.5. The van der Waals surface area contributed by atoms with Gasteiger partial charge in [0.05, 0.1) is 5.37 Å². The number of aromatic amines is 1. The van der Waals surface area contributed by atoms with Crippen LogP contribution in [0, 0.1) is 0 Å². The molecule has 1 unspecified atom stereocenters. The van der Waals surface area contributed by atoms with Crippen LogP contribution < -0.4 is 21.7 Å². The average molecular weight is 242 g/mol. The second-order valence-electron chi connectivity index (χ2n) is 3.20. The van der Waals surface area contributed by atoms with Gasteiger partial charge in [-0.3, -0.25) is 4.79 Å². The second kappa shape index (κ2) is 5.85. The van der Waals surface area contributed by atoms with Crippen LogP contribution in [0.15, 0.2) is 12.4 Å². The Morgan fingerprint density at radius 1 is 1.69 bits per heavy atom. The molecule has 0 spiro atoms. The third-order valence-corrected chi connectivity index (χ3v) is 3.16. The molecule has 1 aliphatic heterocycles. The van der Waals surface area contributed by atoms with Crippen molar-refractivity contribution in [1.82, 2.24) is 31.7 Å². The van der Waals surface area contributed by atoms with E-state index in [1.54, 1.807) is 24.2 Å². The van der Waals surface area contributed by atoms with Crippen LogP contribution in [-0.4, -0.2) is 40.1 Å². The number of thioether (sulfide) groups is 1. The molecule has 1 aromatic rings. The molecular formula is C8H14N6OS. The fourth-order valence-electron chi connectivity index (χ4n) is 1.27. The van der Waals surface area contributed by atoms with E-state index in [0.717, 1.165) is 12.3 Å². The molecule has 8 heteroatoms. The third-order valence-electron chi connectivity index (χ3n) is 2.03. The second-order valence-corrected chi connectivity index (χ2v) is 4.51. The van der Waals surface area contributed by atoms with E-state index in [2.05, 4.69) is 31.7 Å². The maximum absolute atomic E-state index is 11.4. The van der Waals surface area contributed by atoms with Crippen LogP contribution in [0.3, 0.4) is 0 Å². The van der Waals surface area contributed by atoms with Crippen LogP contribution in [0.5, 0.6) is 0 Å². The maximum Gasteiger partial charge on any atom is 0.287 e. The molecule has 2 rings (SSSR count). The summed E-state index contributed by atoms with van der Waals surface area (Å²) >= 11 is 1.74. The largest absolute Gasteiger partial charge is 0.349 e. The van der Waals surface area contributed by atoms with E-state index in [-0.39, 0.29) is 5.91 Å². The van der Waals surface area contributed by atoms with Gasteiger partial charge in [0, 0.05) is 31.2 Å². The molecule has 0 aliphatic carbocycles. The normalized spacial score (nSPS) is 19.9. The van der Waals surface area contributed by atoms with Crippen LogP contribution in [0.4, 0.5) is 0 Å². The van der Waals surface area contributed by atoms with Crippen molar-refractivity contribution in [2.75, 3.05) is 18.8 Å². The van der Waals surface area contributed by atoms with Crippen LogP contribution in [-0.2, 0) is 0 Å². The van der Waals surface area contributed by atoms with Crippen molar-refractivity contribution in [2.24, 2.45) is 0 Å². The van der Waals surface area contributed by atoms with Crippen molar-refractivity contribution in [1.29, 1.82) is 0 Å². The third kappa shape index (κ3) is 3.20. The Morgan fingerprint density at radius 2 is 2.62 bits per heavy atom. The highest BCUT2D eigenvalue weighted by molar-refractivity contribution is 7.99. The summed E-state index contributed by atoms with van der Waals surface area (Å²) in [7, 11) is 0. The lowest BCUT2D eigenvalue weighted by Gasteiger charge is -2.07. The first-order valence-electron chi connectivity index (χ1n) is 4.99. The Hall–Kier alpha value is -1.09. The highest BCUT2D eigenvalue weighted by atomic mass is 32.2. The van der Waals surface area contributed by atoms with E-state index < -0.39 is 0 Å². The fraction of sp³-hybridized carbons (Fsp3) is 0.500. The number of carbonyl (C=O) groups is 1. The number of hydrogen-bond acceptors (Lipinski definition) is 6. The number of carbonyl (C=O) groups excluding carboxylic acids is 1. The first-order chi connectivity index (χ1) is 7.86. The number of hydrazine groups is 2. The molecule has 88 valence electrons. The van der Waals surface area contributed by atoms with Gasteiger partial charge in [-0.2, -0.15) is 5.53 Å². The van der Waals surface area contributed by atoms with Crippen molar-refractivity contribution in [2.45, 2.75) is 5.37 Å². The van der Waals surface area contributed by atoms with Crippen molar-refractivity contribution in [3.8, 4) is 0 Å². The van der Waals surface area contributed by atoms with Gasteiger partial charge >= 0.3 is 0 Å². The minimum absolute atomic E-state index is 0.166. The molecule has 1 aromatic heterocycles. The first-order valence-corrected chi connectivity index (χ1v) is 6.04. The van der Waals surface area contributed by atoms with Crippen molar-refractivity contribution >= 4 is 17.7 Å². The summed E-state index contributed by atoms with van der Waals surface area (Å²) in [6.45, 7) is 1.50. The van der Waals surface area contributed by atoms with Crippen LogP contribution in [0.25, 0.3) is 0 Å². The molecule has 1 amide bonds. The zero-order chi connectivity index (χ0) is 11.2. The minimum Gasteiger partial charge on any atom is -0.349 e. The number of hydrogen-bond donors (Lipinski definition) is 5. The summed E-state index contributed by atoms with van der Waals surface area (Å²) in [5.74, 6) is 1.04. The molecule has 2 heterocycles. The van der Waals surface area contributed by atoms with Gasteiger partial charge in [0.25, 0.3) is 5.91 Å².